The molecular formula is C23H30O10S2. The molecule has 0 aliphatic rings. The molecule has 12 heteroatoms. The Morgan fingerprint density at radius 1 is 0.771 bits per heavy atom. The van der Waals surface area contributed by atoms with Gasteiger partial charge in [0.15, 0.2) is 11.5 Å². The smallest absolute Gasteiger partial charge is 0.335 e. The number of para-hydroxylation sites is 1. The molecule has 0 spiro atoms. The van der Waals surface area contributed by atoms with Gasteiger partial charge in [-0.2, -0.15) is 0 Å². The summed E-state index contributed by atoms with van der Waals surface area (Å²) in [5.41, 5.74) is 0.494. The normalized spacial score (nSPS) is 10.3. The Bertz CT molecular complexity index is 949. The van der Waals surface area contributed by atoms with Crippen molar-refractivity contribution in [2.75, 3.05) is 11.5 Å². The molecule has 2 aromatic rings. The van der Waals surface area contributed by atoms with E-state index in [-0.39, 0.29) is 46.8 Å². The van der Waals surface area contributed by atoms with Crippen molar-refractivity contribution >= 4 is 39.5 Å². The van der Waals surface area contributed by atoms with E-state index in [2.05, 4.69) is 0 Å². The zero-order chi connectivity index (χ0) is 27.2. The van der Waals surface area contributed by atoms with Crippen LogP contribution in [0.15, 0.2) is 36.4 Å². The highest BCUT2D eigenvalue weighted by atomic mass is 33.1. The summed E-state index contributed by atoms with van der Waals surface area (Å²) >= 11 is 0. The van der Waals surface area contributed by atoms with Crippen molar-refractivity contribution in [2.24, 2.45) is 0 Å². The van der Waals surface area contributed by atoms with Crippen LogP contribution in [-0.4, -0.2) is 65.2 Å². The maximum absolute atomic E-state index is 10.3. The minimum Gasteiger partial charge on any atom is -0.508 e. The van der Waals surface area contributed by atoms with Crippen molar-refractivity contribution in [2.45, 2.75) is 39.0 Å². The average Bonchev–Trinajstić information content (AvgIpc) is 2.71. The van der Waals surface area contributed by atoms with Crippen molar-refractivity contribution in [3.8, 4) is 23.0 Å². The van der Waals surface area contributed by atoms with E-state index in [0.29, 0.717) is 11.5 Å². The molecule has 0 aromatic heterocycles. The van der Waals surface area contributed by atoms with Crippen LogP contribution in [0.25, 0.3) is 0 Å². The van der Waals surface area contributed by atoms with Gasteiger partial charge in [-0.15, -0.1) is 0 Å². The Labute approximate surface area is 210 Å². The first-order chi connectivity index (χ1) is 16.1. The van der Waals surface area contributed by atoms with Crippen molar-refractivity contribution < 1.29 is 50.1 Å². The van der Waals surface area contributed by atoms with Gasteiger partial charge in [0.05, 0.1) is 18.4 Å². The lowest BCUT2D eigenvalue weighted by Crippen LogP contribution is -2.10. The fourth-order valence-electron chi connectivity index (χ4n) is 2.23. The number of hydrogen-bond donors (Lipinski definition) is 7. The number of hydrogen-bond acceptors (Lipinski definition) is 9. The second kappa shape index (κ2) is 15.6. The molecule has 0 radical (unpaired) electrons. The van der Waals surface area contributed by atoms with Gasteiger partial charge in [-0.05, 0) is 23.6 Å². The molecule has 0 aliphatic heterocycles. The van der Waals surface area contributed by atoms with Crippen LogP contribution in [-0.2, 0) is 15.0 Å². The zero-order valence-electron chi connectivity index (χ0n) is 19.5. The van der Waals surface area contributed by atoms with Crippen molar-refractivity contribution in [1.82, 2.24) is 0 Å². The largest absolute Gasteiger partial charge is 0.508 e. The van der Waals surface area contributed by atoms with E-state index in [1.807, 2.05) is 26.8 Å². The minimum absolute atomic E-state index is 0.00926. The molecule has 0 heterocycles. The summed E-state index contributed by atoms with van der Waals surface area (Å²) in [6, 6.07) is 8.20. The van der Waals surface area contributed by atoms with Crippen molar-refractivity contribution in [3.63, 3.8) is 0 Å². The molecule has 0 atom stereocenters. The molecule has 0 saturated heterocycles. The van der Waals surface area contributed by atoms with Gasteiger partial charge in [0.1, 0.15) is 11.5 Å². The van der Waals surface area contributed by atoms with Crippen molar-refractivity contribution in [3.05, 3.63) is 47.5 Å². The number of carboxylic acid groups (broad SMARTS) is 3. The van der Waals surface area contributed by atoms with Gasteiger partial charge in [-0.25, -0.2) is 4.79 Å². The third-order valence-corrected chi connectivity index (χ3v) is 6.26. The summed E-state index contributed by atoms with van der Waals surface area (Å²) in [7, 11) is 2.79. The first-order valence-electron chi connectivity index (χ1n) is 10.1. The number of aromatic hydroxyl groups is 4. The fraction of sp³-hybridized carbons (Fsp3) is 0.348. The van der Waals surface area contributed by atoms with E-state index in [4.69, 9.17) is 25.5 Å². The van der Waals surface area contributed by atoms with Crippen LogP contribution >= 0.6 is 21.6 Å². The Morgan fingerprint density at radius 3 is 1.57 bits per heavy atom. The van der Waals surface area contributed by atoms with Gasteiger partial charge in [0, 0.05) is 23.1 Å². The minimum atomic E-state index is -1.18. The van der Waals surface area contributed by atoms with Crippen LogP contribution in [0.4, 0.5) is 0 Å². The van der Waals surface area contributed by atoms with Gasteiger partial charge in [0.25, 0.3) is 0 Å². The highest BCUT2D eigenvalue weighted by Crippen LogP contribution is 2.36. The van der Waals surface area contributed by atoms with Crippen LogP contribution < -0.4 is 0 Å². The lowest BCUT2D eigenvalue weighted by atomic mass is 9.86. The molecule has 2 aromatic carbocycles. The first kappa shape index (κ1) is 31.8. The van der Waals surface area contributed by atoms with E-state index in [0.717, 1.165) is 23.8 Å². The molecular weight excluding hydrogens is 500 g/mol. The summed E-state index contributed by atoms with van der Waals surface area (Å²) < 4.78 is 0. The van der Waals surface area contributed by atoms with Gasteiger partial charge in [-0.1, -0.05) is 54.5 Å². The molecule has 2 rings (SSSR count). The summed E-state index contributed by atoms with van der Waals surface area (Å²) in [5.74, 6) is -2.35. The van der Waals surface area contributed by atoms with Crippen LogP contribution in [0.3, 0.4) is 0 Å². The number of aliphatic carboxylic acids is 2. The van der Waals surface area contributed by atoms with E-state index < -0.39 is 17.9 Å². The Hall–Kier alpha value is -3.25. The van der Waals surface area contributed by atoms with Crippen molar-refractivity contribution in [1.29, 1.82) is 0 Å². The molecule has 7 N–H and O–H groups in total. The van der Waals surface area contributed by atoms with Gasteiger partial charge in [-0.3, -0.25) is 9.59 Å². The predicted molar refractivity (Wildman–Crippen MR) is 135 cm³/mol. The third-order valence-electron chi connectivity index (χ3n) is 3.85. The van der Waals surface area contributed by atoms with Gasteiger partial charge >= 0.3 is 17.9 Å². The first-order valence-corrected chi connectivity index (χ1v) is 12.6. The summed E-state index contributed by atoms with van der Waals surface area (Å²) in [6.45, 7) is 5.96. The molecule has 10 nitrogen and oxygen atoms in total. The molecule has 0 fully saturated rings. The monoisotopic (exact) mass is 530 g/mol. The quantitative estimate of drug-likeness (QED) is 0.144. The van der Waals surface area contributed by atoms with Gasteiger partial charge < -0.3 is 35.7 Å². The number of carbonyl (C=O) groups is 3. The van der Waals surface area contributed by atoms with Crippen LogP contribution in [0, 0.1) is 0 Å². The fourth-order valence-corrected chi connectivity index (χ4v) is 4.19. The average molecular weight is 531 g/mol. The Balaban J connectivity index is 0.000000496. The number of carboxylic acids is 3. The molecule has 0 bridgehead atoms. The lowest BCUT2D eigenvalue weighted by molar-refractivity contribution is -0.137. The van der Waals surface area contributed by atoms with E-state index in [9.17, 15) is 24.6 Å². The highest BCUT2D eigenvalue weighted by molar-refractivity contribution is 8.76. The van der Waals surface area contributed by atoms with E-state index in [1.54, 1.807) is 6.07 Å². The topological polar surface area (TPSA) is 193 Å². The Morgan fingerprint density at radius 2 is 1.23 bits per heavy atom. The SMILES string of the molecule is CC(C)(C)c1cccc(O)c1O.O=C(O)CCSSCCC(=O)O.O=C(O)c1cc(O)cc(O)c1. The molecule has 0 aliphatic carbocycles. The molecule has 0 saturated carbocycles. The number of phenols is 4. The van der Waals surface area contributed by atoms with E-state index >= 15 is 0 Å². The molecule has 0 amide bonds. The molecule has 0 unspecified atom stereocenters. The van der Waals surface area contributed by atoms with E-state index in [1.165, 1.54) is 27.7 Å². The zero-order valence-corrected chi connectivity index (χ0v) is 21.1. The number of aromatic carboxylic acids is 1. The maximum atomic E-state index is 10.3. The number of rotatable bonds is 8. The summed E-state index contributed by atoms with van der Waals surface area (Å²) in [4.78, 5) is 30.3. The second-order valence-corrected chi connectivity index (χ2v) is 10.6. The third kappa shape index (κ3) is 14.6. The Kier molecular flexibility index (Phi) is 14.2. The number of benzene rings is 2. The highest BCUT2D eigenvalue weighted by Gasteiger charge is 2.19. The summed E-state index contributed by atoms with van der Waals surface area (Å²) in [6.07, 6.45) is 0.259. The predicted octanol–water partition coefficient (Wildman–Crippen LogP) is 4.51. The van der Waals surface area contributed by atoms with Crippen LogP contribution in [0.5, 0.6) is 23.0 Å². The molecule has 35 heavy (non-hydrogen) atoms. The lowest BCUT2D eigenvalue weighted by Gasteiger charge is -2.20. The number of phenolic OH excluding ortho intramolecular Hbond substituents is 4. The standard InChI is InChI=1S/C10H14O2.C7H6O4.C6H10O4S2/c1-10(2,3)7-5-4-6-8(11)9(7)12;8-5-1-4(7(10)11)2-6(9)3-5;7-5(8)1-3-11-12-4-2-6(9)10/h4-6,11-12H,1-3H3;1-3,8-9H,(H,10,11);1-4H2,(H,7,8)(H,9,10). The van der Waals surface area contributed by atoms with Crippen LogP contribution in [0.1, 0.15) is 49.5 Å². The second-order valence-electron chi connectivity index (χ2n) is 7.90. The van der Waals surface area contributed by atoms with Gasteiger partial charge in [0.2, 0.25) is 0 Å². The summed E-state index contributed by atoms with van der Waals surface area (Å²) in [5, 5.41) is 61.2. The van der Waals surface area contributed by atoms with Crippen LogP contribution in [0.2, 0.25) is 0 Å². The maximum Gasteiger partial charge on any atom is 0.335 e. The molecule has 194 valence electrons.